The maximum absolute atomic E-state index is 12.3. The number of ketones is 1. The van der Waals surface area contributed by atoms with E-state index >= 15 is 0 Å². The van der Waals surface area contributed by atoms with Crippen molar-refractivity contribution in [1.82, 2.24) is 0 Å². The summed E-state index contributed by atoms with van der Waals surface area (Å²) in [6.07, 6.45) is 1.88. The molecule has 3 aromatic carbocycles. The summed E-state index contributed by atoms with van der Waals surface area (Å²) in [4.78, 5) is 24.3. The molecule has 134 valence electrons. The highest BCUT2D eigenvalue weighted by atomic mass is 16.5. The number of hydrogen-bond donors (Lipinski definition) is 0. The molecule has 0 aliphatic heterocycles. The SMILES string of the molecule is C=Cc1ccc(OC(=O)CCC(=O)c2ccc(-c3ccccc3)cc2)cc1. The van der Waals surface area contributed by atoms with Gasteiger partial charge in [0.2, 0.25) is 0 Å². The van der Waals surface area contributed by atoms with Crippen LogP contribution < -0.4 is 4.74 Å². The molecule has 0 atom stereocenters. The highest BCUT2D eigenvalue weighted by Crippen LogP contribution is 2.20. The number of carbonyl (C=O) groups is 2. The lowest BCUT2D eigenvalue weighted by Crippen LogP contribution is -2.10. The number of benzene rings is 3. The van der Waals surface area contributed by atoms with Crippen LogP contribution in [0.25, 0.3) is 17.2 Å². The number of Topliss-reactive ketones (excluding diaryl/α,β-unsaturated/α-hetero) is 1. The van der Waals surface area contributed by atoms with Crippen molar-refractivity contribution in [3.8, 4) is 16.9 Å². The standard InChI is InChI=1S/C24H20O3/c1-2-18-8-14-22(15-9-18)27-24(26)17-16-23(25)21-12-10-20(11-13-21)19-6-4-3-5-7-19/h2-15H,1,16-17H2. The Kier molecular flexibility index (Phi) is 5.95. The smallest absolute Gasteiger partial charge is 0.311 e. The highest BCUT2D eigenvalue weighted by Gasteiger charge is 2.11. The summed E-state index contributed by atoms with van der Waals surface area (Å²) in [6, 6.07) is 24.4. The van der Waals surface area contributed by atoms with Gasteiger partial charge in [-0.3, -0.25) is 9.59 Å². The van der Waals surface area contributed by atoms with Crippen LogP contribution in [0.5, 0.6) is 5.75 Å². The van der Waals surface area contributed by atoms with Gasteiger partial charge in [0.05, 0.1) is 6.42 Å². The Bertz CT molecular complexity index is 924. The van der Waals surface area contributed by atoms with Gasteiger partial charge < -0.3 is 4.74 Å². The first-order valence-electron chi connectivity index (χ1n) is 8.77. The van der Waals surface area contributed by atoms with Crippen LogP contribution in [-0.4, -0.2) is 11.8 Å². The normalized spacial score (nSPS) is 10.2. The lowest BCUT2D eigenvalue weighted by atomic mass is 10.0. The topological polar surface area (TPSA) is 43.4 Å². The first-order chi connectivity index (χ1) is 13.2. The van der Waals surface area contributed by atoms with Gasteiger partial charge in [-0.25, -0.2) is 0 Å². The maximum atomic E-state index is 12.3. The molecule has 3 aromatic rings. The number of esters is 1. The fourth-order valence-corrected chi connectivity index (χ4v) is 2.69. The fraction of sp³-hybridized carbons (Fsp3) is 0.0833. The molecule has 0 heterocycles. The van der Waals surface area contributed by atoms with E-state index in [1.807, 2.05) is 54.6 Å². The minimum absolute atomic E-state index is 0.0441. The van der Waals surface area contributed by atoms with Crippen molar-refractivity contribution in [2.45, 2.75) is 12.8 Å². The Morgan fingerprint density at radius 3 is 2.04 bits per heavy atom. The van der Waals surface area contributed by atoms with Gasteiger partial charge in [-0.05, 0) is 28.8 Å². The predicted molar refractivity (Wildman–Crippen MR) is 108 cm³/mol. The number of carbonyl (C=O) groups excluding carboxylic acids is 2. The van der Waals surface area contributed by atoms with E-state index in [1.54, 1.807) is 30.3 Å². The summed E-state index contributed by atoms with van der Waals surface area (Å²) in [7, 11) is 0. The van der Waals surface area contributed by atoms with Crippen molar-refractivity contribution in [3.05, 3.63) is 96.6 Å². The average Bonchev–Trinajstić information content (AvgIpc) is 2.73. The van der Waals surface area contributed by atoms with E-state index in [1.165, 1.54) is 0 Å². The Balaban J connectivity index is 1.53. The van der Waals surface area contributed by atoms with Gasteiger partial charge in [0.25, 0.3) is 0 Å². The van der Waals surface area contributed by atoms with E-state index in [0.29, 0.717) is 11.3 Å². The predicted octanol–water partition coefficient (Wildman–Crippen LogP) is 5.57. The molecular formula is C24H20O3. The summed E-state index contributed by atoms with van der Waals surface area (Å²) in [5.41, 5.74) is 3.69. The Morgan fingerprint density at radius 2 is 1.41 bits per heavy atom. The van der Waals surface area contributed by atoms with E-state index in [-0.39, 0.29) is 18.6 Å². The zero-order chi connectivity index (χ0) is 19.1. The van der Waals surface area contributed by atoms with Crippen LogP contribution in [0.1, 0.15) is 28.8 Å². The van der Waals surface area contributed by atoms with Gasteiger partial charge in [0.1, 0.15) is 5.75 Å². The van der Waals surface area contributed by atoms with Gasteiger partial charge >= 0.3 is 5.97 Å². The van der Waals surface area contributed by atoms with Gasteiger partial charge in [0.15, 0.2) is 5.78 Å². The summed E-state index contributed by atoms with van der Waals surface area (Å²) < 4.78 is 5.25. The highest BCUT2D eigenvalue weighted by molar-refractivity contribution is 5.98. The molecule has 3 rings (SSSR count). The third kappa shape index (κ3) is 5.02. The van der Waals surface area contributed by atoms with Crippen LogP contribution in [-0.2, 0) is 4.79 Å². The van der Waals surface area contributed by atoms with Crippen molar-refractivity contribution >= 4 is 17.8 Å². The van der Waals surface area contributed by atoms with Crippen LogP contribution in [0.15, 0.2) is 85.4 Å². The molecular weight excluding hydrogens is 336 g/mol. The molecule has 0 amide bonds. The lowest BCUT2D eigenvalue weighted by Gasteiger charge is -2.06. The van der Waals surface area contributed by atoms with E-state index < -0.39 is 5.97 Å². The van der Waals surface area contributed by atoms with Crippen molar-refractivity contribution in [2.75, 3.05) is 0 Å². The molecule has 0 bridgehead atoms. The molecule has 27 heavy (non-hydrogen) atoms. The quantitative estimate of drug-likeness (QED) is 0.316. The average molecular weight is 356 g/mol. The van der Waals surface area contributed by atoms with Gasteiger partial charge in [-0.15, -0.1) is 0 Å². The molecule has 0 unspecified atom stereocenters. The third-order valence-corrected chi connectivity index (χ3v) is 4.22. The van der Waals surface area contributed by atoms with Crippen LogP contribution in [0.3, 0.4) is 0 Å². The van der Waals surface area contributed by atoms with Crippen molar-refractivity contribution in [1.29, 1.82) is 0 Å². The summed E-state index contributed by atoms with van der Waals surface area (Å²) in [6.45, 7) is 3.68. The van der Waals surface area contributed by atoms with E-state index in [9.17, 15) is 9.59 Å². The van der Waals surface area contributed by atoms with Crippen molar-refractivity contribution < 1.29 is 14.3 Å². The fourth-order valence-electron chi connectivity index (χ4n) is 2.69. The van der Waals surface area contributed by atoms with Crippen molar-refractivity contribution in [3.63, 3.8) is 0 Å². The second-order valence-corrected chi connectivity index (χ2v) is 6.11. The zero-order valence-corrected chi connectivity index (χ0v) is 14.9. The van der Waals surface area contributed by atoms with Crippen LogP contribution >= 0.6 is 0 Å². The van der Waals surface area contributed by atoms with E-state index in [2.05, 4.69) is 6.58 Å². The Labute approximate surface area is 158 Å². The minimum atomic E-state index is -0.421. The van der Waals surface area contributed by atoms with E-state index in [0.717, 1.165) is 16.7 Å². The summed E-state index contributed by atoms with van der Waals surface area (Å²) in [5.74, 6) is -0.0329. The van der Waals surface area contributed by atoms with Gasteiger partial charge in [-0.2, -0.15) is 0 Å². The van der Waals surface area contributed by atoms with Gasteiger partial charge in [0, 0.05) is 12.0 Å². The number of hydrogen-bond acceptors (Lipinski definition) is 3. The van der Waals surface area contributed by atoms with Crippen molar-refractivity contribution in [2.24, 2.45) is 0 Å². The molecule has 0 spiro atoms. The molecule has 0 aliphatic carbocycles. The molecule has 3 heteroatoms. The second kappa shape index (κ2) is 8.77. The number of ether oxygens (including phenoxy) is 1. The molecule has 0 radical (unpaired) electrons. The summed E-state index contributed by atoms with van der Waals surface area (Å²) >= 11 is 0. The second-order valence-electron chi connectivity index (χ2n) is 6.11. The third-order valence-electron chi connectivity index (χ3n) is 4.22. The molecule has 0 saturated carbocycles. The first kappa shape index (κ1) is 18.3. The molecule has 0 saturated heterocycles. The molecule has 0 aromatic heterocycles. The Hall–Kier alpha value is -3.46. The molecule has 3 nitrogen and oxygen atoms in total. The molecule has 0 fully saturated rings. The van der Waals surface area contributed by atoms with Crippen LogP contribution in [0.4, 0.5) is 0 Å². The maximum Gasteiger partial charge on any atom is 0.311 e. The lowest BCUT2D eigenvalue weighted by molar-refractivity contribution is -0.134. The largest absolute Gasteiger partial charge is 0.427 e. The first-order valence-corrected chi connectivity index (χ1v) is 8.77. The van der Waals surface area contributed by atoms with Gasteiger partial charge in [-0.1, -0.05) is 79.4 Å². The van der Waals surface area contributed by atoms with Crippen LogP contribution in [0, 0.1) is 0 Å². The molecule has 0 N–H and O–H groups in total. The van der Waals surface area contributed by atoms with E-state index in [4.69, 9.17) is 4.74 Å². The summed E-state index contributed by atoms with van der Waals surface area (Å²) in [5, 5.41) is 0. The Morgan fingerprint density at radius 1 is 0.778 bits per heavy atom. The molecule has 0 aliphatic rings. The van der Waals surface area contributed by atoms with Crippen LogP contribution in [0.2, 0.25) is 0 Å². The monoisotopic (exact) mass is 356 g/mol. The minimum Gasteiger partial charge on any atom is -0.427 e. The number of rotatable bonds is 7. The zero-order valence-electron chi connectivity index (χ0n) is 14.9.